The molecule has 2 heterocycles. The van der Waals surface area contributed by atoms with E-state index in [0.29, 0.717) is 29.4 Å². The van der Waals surface area contributed by atoms with Crippen LogP contribution in [0.1, 0.15) is 23.0 Å². The van der Waals surface area contributed by atoms with Crippen LogP contribution in [-0.2, 0) is 0 Å². The molecule has 0 unspecified atom stereocenters. The Hall–Kier alpha value is -2.75. The average molecular weight is 282 g/mol. The molecule has 1 aromatic heterocycles. The van der Waals surface area contributed by atoms with Gasteiger partial charge in [-0.3, -0.25) is 4.79 Å². The Labute approximate surface area is 122 Å². The molecule has 0 spiro atoms. The maximum atomic E-state index is 12.2. The van der Waals surface area contributed by atoms with Gasteiger partial charge in [0, 0.05) is 12.1 Å². The van der Waals surface area contributed by atoms with Crippen molar-refractivity contribution in [1.82, 2.24) is 0 Å². The predicted octanol–water partition coefficient (Wildman–Crippen LogP) is 3.85. The van der Waals surface area contributed by atoms with Crippen molar-refractivity contribution in [2.45, 2.75) is 6.92 Å². The maximum absolute atomic E-state index is 12.2. The largest absolute Gasteiger partial charge is 0.489 e. The number of benzene rings is 1. The third-order valence-electron chi connectivity index (χ3n) is 2.94. The summed E-state index contributed by atoms with van der Waals surface area (Å²) in [6.07, 6.45) is 3.12. The number of hydrogen-bond donors (Lipinski definition) is 0. The molecule has 106 valence electrons. The van der Waals surface area contributed by atoms with Crippen LogP contribution in [0.2, 0.25) is 0 Å². The Morgan fingerprint density at radius 1 is 1.38 bits per heavy atom. The normalized spacial score (nSPS) is 14.9. The number of allylic oxidation sites excluding steroid dienone is 1. The van der Waals surface area contributed by atoms with Crippen molar-refractivity contribution in [2.75, 3.05) is 6.61 Å². The Morgan fingerprint density at radius 3 is 2.95 bits per heavy atom. The topological polar surface area (TPSA) is 48.7 Å². The lowest BCUT2D eigenvalue weighted by molar-refractivity contribution is 0.101. The van der Waals surface area contributed by atoms with Gasteiger partial charge in [-0.25, -0.2) is 0 Å². The van der Waals surface area contributed by atoms with Crippen LogP contribution in [0, 0.1) is 0 Å². The molecule has 0 N–H and O–H groups in total. The van der Waals surface area contributed by atoms with E-state index >= 15 is 0 Å². The smallest absolute Gasteiger partial charge is 0.232 e. The van der Waals surface area contributed by atoms with Gasteiger partial charge in [0.1, 0.15) is 23.9 Å². The lowest BCUT2D eigenvalue weighted by Gasteiger charge is -2.06. The molecule has 0 bridgehead atoms. The van der Waals surface area contributed by atoms with Crippen LogP contribution in [0.25, 0.3) is 6.08 Å². The number of ketones is 1. The molecule has 0 fully saturated rings. The molecule has 0 aliphatic carbocycles. The van der Waals surface area contributed by atoms with Crippen LogP contribution in [0.15, 0.2) is 58.9 Å². The minimum atomic E-state index is -0.159. The van der Waals surface area contributed by atoms with Crippen LogP contribution in [0.5, 0.6) is 11.5 Å². The van der Waals surface area contributed by atoms with E-state index in [2.05, 4.69) is 6.58 Å². The maximum Gasteiger partial charge on any atom is 0.232 e. The summed E-state index contributed by atoms with van der Waals surface area (Å²) in [5.41, 5.74) is 1.45. The third kappa shape index (κ3) is 2.74. The molecule has 0 radical (unpaired) electrons. The van der Waals surface area contributed by atoms with Crippen LogP contribution >= 0.6 is 0 Å². The molecule has 1 aliphatic rings. The summed E-state index contributed by atoms with van der Waals surface area (Å²) >= 11 is 0. The summed E-state index contributed by atoms with van der Waals surface area (Å²) in [7, 11) is 0. The molecule has 1 aliphatic heterocycles. The first-order valence-corrected chi connectivity index (χ1v) is 6.52. The minimum absolute atomic E-state index is 0.159. The third-order valence-corrected chi connectivity index (χ3v) is 2.94. The number of fused-ring (bicyclic) bond motifs is 1. The van der Waals surface area contributed by atoms with E-state index in [0.717, 1.165) is 5.57 Å². The zero-order valence-electron chi connectivity index (χ0n) is 11.6. The fourth-order valence-electron chi connectivity index (χ4n) is 1.97. The second-order valence-corrected chi connectivity index (χ2v) is 4.86. The highest BCUT2D eigenvalue weighted by Crippen LogP contribution is 2.34. The van der Waals surface area contributed by atoms with Gasteiger partial charge in [-0.1, -0.05) is 6.58 Å². The van der Waals surface area contributed by atoms with Gasteiger partial charge in [-0.2, -0.15) is 0 Å². The molecule has 2 aromatic rings. The van der Waals surface area contributed by atoms with Gasteiger partial charge in [0.15, 0.2) is 5.76 Å². The first kappa shape index (κ1) is 13.2. The zero-order valence-corrected chi connectivity index (χ0v) is 11.6. The second-order valence-electron chi connectivity index (χ2n) is 4.86. The standard InChI is InChI=1S/C17H14O4/c1-11(2)10-20-13-5-6-14-15(8-13)21-16(17(14)18)9-12-4-3-7-19-12/h3-9H,1,10H2,2H3/b16-9-. The summed E-state index contributed by atoms with van der Waals surface area (Å²) in [6, 6.07) is 8.67. The Balaban J connectivity index is 1.84. The summed E-state index contributed by atoms with van der Waals surface area (Å²) in [4.78, 5) is 12.2. The van der Waals surface area contributed by atoms with Gasteiger partial charge in [-0.05, 0) is 36.8 Å². The number of hydrogen-bond acceptors (Lipinski definition) is 4. The first-order valence-electron chi connectivity index (χ1n) is 6.52. The SMILES string of the molecule is C=C(C)COc1ccc2c(c1)O/C(=C\c1ccco1)C2=O. The fourth-order valence-corrected chi connectivity index (χ4v) is 1.97. The van der Waals surface area contributed by atoms with Gasteiger partial charge >= 0.3 is 0 Å². The van der Waals surface area contributed by atoms with E-state index in [1.54, 1.807) is 42.7 Å². The van der Waals surface area contributed by atoms with Crippen LogP contribution in [-0.4, -0.2) is 12.4 Å². The molecule has 4 heteroatoms. The highest BCUT2D eigenvalue weighted by Gasteiger charge is 2.28. The molecule has 0 amide bonds. The highest BCUT2D eigenvalue weighted by molar-refractivity contribution is 6.14. The lowest BCUT2D eigenvalue weighted by atomic mass is 10.1. The quantitative estimate of drug-likeness (QED) is 0.631. The minimum Gasteiger partial charge on any atom is -0.489 e. The molecule has 0 saturated carbocycles. The number of furan rings is 1. The van der Waals surface area contributed by atoms with Crippen molar-refractivity contribution in [3.8, 4) is 11.5 Å². The second kappa shape index (κ2) is 5.32. The lowest BCUT2D eigenvalue weighted by Crippen LogP contribution is -1.98. The zero-order chi connectivity index (χ0) is 14.8. The molecule has 0 atom stereocenters. The first-order chi connectivity index (χ1) is 10.1. The average Bonchev–Trinajstić information content (AvgIpc) is 3.06. The van der Waals surface area contributed by atoms with E-state index in [1.807, 2.05) is 6.92 Å². The number of carbonyl (C=O) groups is 1. The molecular formula is C17H14O4. The number of Topliss-reactive ketones (excluding diaryl/α,β-unsaturated/α-hetero) is 1. The summed E-state index contributed by atoms with van der Waals surface area (Å²) in [5.74, 6) is 1.80. The van der Waals surface area contributed by atoms with E-state index in [9.17, 15) is 4.79 Å². The van der Waals surface area contributed by atoms with Gasteiger partial charge in [0.2, 0.25) is 5.78 Å². The fraction of sp³-hybridized carbons (Fsp3) is 0.118. The number of ether oxygens (including phenoxy) is 2. The predicted molar refractivity (Wildman–Crippen MR) is 78.4 cm³/mol. The van der Waals surface area contributed by atoms with Crippen LogP contribution < -0.4 is 9.47 Å². The molecule has 21 heavy (non-hydrogen) atoms. The van der Waals surface area contributed by atoms with Gasteiger partial charge in [0.05, 0.1) is 11.8 Å². The van der Waals surface area contributed by atoms with Crippen molar-refractivity contribution in [3.63, 3.8) is 0 Å². The molecule has 3 rings (SSSR count). The Kier molecular flexibility index (Phi) is 3.36. The number of carbonyl (C=O) groups excluding carboxylic acids is 1. The highest BCUT2D eigenvalue weighted by atomic mass is 16.5. The van der Waals surface area contributed by atoms with Gasteiger partial charge in [-0.15, -0.1) is 0 Å². The number of rotatable bonds is 4. The van der Waals surface area contributed by atoms with Crippen molar-refractivity contribution < 1.29 is 18.7 Å². The molecular weight excluding hydrogens is 268 g/mol. The Bertz CT molecular complexity index is 723. The van der Waals surface area contributed by atoms with Crippen LogP contribution in [0.3, 0.4) is 0 Å². The van der Waals surface area contributed by atoms with E-state index < -0.39 is 0 Å². The molecule has 1 aromatic carbocycles. The van der Waals surface area contributed by atoms with Crippen molar-refractivity contribution in [1.29, 1.82) is 0 Å². The summed E-state index contributed by atoms with van der Waals surface area (Å²) in [6.45, 7) is 6.10. The van der Waals surface area contributed by atoms with E-state index in [4.69, 9.17) is 13.9 Å². The summed E-state index contributed by atoms with van der Waals surface area (Å²) in [5, 5.41) is 0. The molecule has 0 saturated heterocycles. The van der Waals surface area contributed by atoms with E-state index in [1.165, 1.54) is 0 Å². The van der Waals surface area contributed by atoms with Gasteiger partial charge < -0.3 is 13.9 Å². The molecule has 4 nitrogen and oxygen atoms in total. The summed E-state index contributed by atoms with van der Waals surface area (Å²) < 4.78 is 16.3. The van der Waals surface area contributed by atoms with E-state index in [-0.39, 0.29) is 11.5 Å². The monoisotopic (exact) mass is 282 g/mol. The Morgan fingerprint density at radius 2 is 2.24 bits per heavy atom. The van der Waals surface area contributed by atoms with Crippen LogP contribution in [0.4, 0.5) is 0 Å². The van der Waals surface area contributed by atoms with Gasteiger partial charge in [0.25, 0.3) is 0 Å². The van der Waals surface area contributed by atoms with Crippen molar-refractivity contribution in [2.24, 2.45) is 0 Å². The van der Waals surface area contributed by atoms with Crippen molar-refractivity contribution in [3.05, 3.63) is 65.8 Å². The van der Waals surface area contributed by atoms with Crippen molar-refractivity contribution >= 4 is 11.9 Å².